The van der Waals surface area contributed by atoms with Crippen LogP contribution in [0.1, 0.15) is 38.9 Å². The number of rotatable bonds is 6. The fraction of sp³-hybridized carbons (Fsp3) is 0.172. The second-order valence-corrected chi connectivity index (χ2v) is 14.9. The molecule has 0 aliphatic carbocycles. The minimum atomic E-state index is -0.916. The SMILES string of the molecule is Cc1cc(C)c(O)c(P([SiH2]C(c2ccccc2)c2ccccc2)c2cc(C)cc(C)c2O)c1. The van der Waals surface area contributed by atoms with Crippen molar-refractivity contribution in [3.8, 4) is 11.5 Å². The first-order chi connectivity index (χ1) is 15.8. The van der Waals surface area contributed by atoms with Gasteiger partial charge in [-0.1, -0.05) is 80.3 Å². The van der Waals surface area contributed by atoms with E-state index in [9.17, 15) is 10.2 Å². The summed E-state index contributed by atoms with van der Waals surface area (Å²) in [5.74, 6) is 0.746. The Hall–Kier alpha value is -2.87. The van der Waals surface area contributed by atoms with Gasteiger partial charge in [-0.25, -0.2) is 0 Å². The van der Waals surface area contributed by atoms with Crippen LogP contribution in [0.5, 0.6) is 11.5 Å². The Morgan fingerprint density at radius 3 is 1.39 bits per heavy atom. The highest BCUT2D eigenvalue weighted by atomic mass is 31.4. The van der Waals surface area contributed by atoms with E-state index in [1.54, 1.807) is 0 Å². The Kier molecular flexibility index (Phi) is 7.02. The van der Waals surface area contributed by atoms with E-state index in [0.29, 0.717) is 11.5 Å². The first-order valence-electron chi connectivity index (χ1n) is 11.3. The van der Waals surface area contributed by atoms with Crippen molar-refractivity contribution in [3.05, 3.63) is 118 Å². The van der Waals surface area contributed by atoms with Gasteiger partial charge < -0.3 is 10.2 Å². The average Bonchev–Trinajstić information content (AvgIpc) is 2.81. The van der Waals surface area contributed by atoms with Gasteiger partial charge in [0.15, 0.2) is 0 Å². The fourth-order valence-corrected chi connectivity index (χ4v) is 13.1. The van der Waals surface area contributed by atoms with Crippen molar-refractivity contribution in [1.82, 2.24) is 0 Å². The smallest absolute Gasteiger partial charge is 0.126 e. The predicted molar refractivity (Wildman–Crippen MR) is 145 cm³/mol. The van der Waals surface area contributed by atoms with Crippen LogP contribution < -0.4 is 10.6 Å². The number of hydrogen-bond donors (Lipinski definition) is 2. The summed E-state index contributed by atoms with van der Waals surface area (Å²) in [7, 11) is -1.82. The molecule has 0 aliphatic rings. The molecule has 0 aromatic heterocycles. The summed E-state index contributed by atoms with van der Waals surface area (Å²) < 4.78 is 0. The second-order valence-electron chi connectivity index (χ2n) is 8.88. The molecule has 4 rings (SSSR count). The van der Waals surface area contributed by atoms with Gasteiger partial charge in [-0.2, -0.15) is 0 Å². The van der Waals surface area contributed by atoms with E-state index in [1.807, 2.05) is 26.0 Å². The summed E-state index contributed by atoms with van der Waals surface area (Å²) in [5.41, 5.74) is 6.95. The molecule has 0 atom stereocenters. The molecule has 2 N–H and O–H groups in total. The number of phenolic OH excluding ortho intramolecular Hbond substituents is 2. The van der Waals surface area contributed by atoms with Crippen LogP contribution >= 0.6 is 7.47 Å². The Bertz CT molecular complexity index is 1160. The molecule has 0 spiro atoms. The van der Waals surface area contributed by atoms with Crippen molar-refractivity contribution in [2.45, 2.75) is 33.2 Å². The average molecular weight is 471 g/mol. The number of hydrogen-bond acceptors (Lipinski definition) is 2. The van der Waals surface area contributed by atoms with Crippen molar-refractivity contribution in [1.29, 1.82) is 0 Å². The van der Waals surface area contributed by atoms with E-state index in [1.165, 1.54) is 11.1 Å². The Labute approximate surface area is 200 Å². The zero-order valence-corrected chi connectivity index (χ0v) is 22.0. The number of aryl methyl sites for hydroxylation is 4. The molecule has 0 bridgehead atoms. The Morgan fingerprint density at radius 1 is 0.606 bits per heavy atom. The minimum Gasteiger partial charge on any atom is -0.507 e. The molecule has 0 heterocycles. The van der Waals surface area contributed by atoms with Gasteiger partial charge in [0.05, 0.1) is 9.19 Å². The molecule has 0 saturated heterocycles. The number of aromatic hydroxyl groups is 2. The summed E-state index contributed by atoms with van der Waals surface area (Å²) >= 11 is 0. The summed E-state index contributed by atoms with van der Waals surface area (Å²) in [5, 5.41) is 24.4. The van der Waals surface area contributed by atoms with Gasteiger partial charge in [-0.3, -0.25) is 0 Å². The molecule has 0 radical (unpaired) electrons. The van der Waals surface area contributed by atoms with Crippen LogP contribution in [0.2, 0.25) is 0 Å². The summed E-state index contributed by atoms with van der Waals surface area (Å²) in [4.78, 5) is 0. The molecular weight excluding hydrogens is 439 g/mol. The molecule has 0 fully saturated rings. The fourth-order valence-electron chi connectivity index (χ4n) is 4.57. The van der Waals surface area contributed by atoms with Crippen molar-refractivity contribution in [2.24, 2.45) is 0 Å². The topological polar surface area (TPSA) is 40.5 Å². The maximum atomic E-state index is 11.2. The largest absolute Gasteiger partial charge is 0.507 e. The van der Waals surface area contributed by atoms with Crippen LogP contribution in [0.15, 0.2) is 84.9 Å². The quantitative estimate of drug-likeness (QED) is 0.283. The minimum absolute atomic E-state index is 0.277. The maximum absolute atomic E-state index is 11.2. The summed E-state index contributed by atoms with van der Waals surface area (Å²) in [6.45, 7) is 8.10. The van der Waals surface area contributed by atoms with Crippen molar-refractivity contribution in [3.63, 3.8) is 0 Å². The van der Waals surface area contributed by atoms with Gasteiger partial charge in [0.25, 0.3) is 0 Å². The van der Waals surface area contributed by atoms with E-state index >= 15 is 0 Å². The van der Waals surface area contributed by atoms with Crippen LogP contribution in [0, 0.1) is 27.7 Å². The monoisotopic (exact) mass is 470 g/mol. The van der Waals surface area contributed by atoms with Crippen molar-refractivity contribution < 1.29 is 10.2 Å². The highest BCUT2D eigenvalue weighted by Gasteiger charge is 2.28. The molecule has 2 nitrogen and oxygen atoms in total. The lowest BCUT2D eigenvalue weighted by Gasteiger charge is -2.28. The van der Waals surface area contributed by atoms with Gasteiger partial charge in [-0.15, -0.1) is 0 Å². The standard InChI is InChI=1S/C29H31O2PSi/c1-19-15-21(3)27(30)25(17-19)32(26-18-20(2)16-22(4)28(26)31)33-29(23-11-7-5-8-12-23)24-13-9-6-10-14-24/h5-18,29-31H,33H2,1-4H3. The zero-order chi connectivity index (χ0) is 23.5. The van der Waals surface area contributed by atoms with Crippen LogP contribution in [0.25, 0.3) is 0 Å². The normalized spacial score (nSPS) is 11.7. The van der Waals surface area contributed by atoms with E-state index in [2.05, 4.69) is 86.6 Å². The van der Waals surface area contributed by atoms with Gasteiger partial charge in [0, 0.05) is 16.2 Å². The highest BCUT2D eigenvalue weighted by molar-refractivity contribution is 7.97. The van der Waals surface area contributed by atoms with Crippen molar-refractivity contribution >= 4 is 27.3 Å². The second kappa shape index (κ2) is 9.95. The van der Waals surface area contributed by atoms with Gasteiger partial charge in [0.2, 0.25) is 0 Å². The number of benzene rings is 4. The lowest BCUT2D eigenvalue weighted by atomic mass is 10.0. The molecule has 0 saturated carbocycles. The Morgan fingerprint density at radius 2 is 1.00 bits per heavy atom. The van der Waals surface area contributed by atoms with Gasteiger partial charge in [0.1, 0.15) is 11.5 Å². The first kappa shape index (κ1) is 23.3. The van der Waals surface area contributed by atoms with E-state index in [-0.39, 0.29) is 5.54 Å². The first-order valence-corrected chi connectivity index (χ1v) is 15.6. The molecule has 4 heteroatoms. The molecule has 4 aromatic rings. The molecule has 33 heavy (non-hydrogen) atoms. The number of phenols is 2. The van der Waals surface area contributed by atoms with Gasteiger partial charge in [-0.05, 0) is 73.2 Å². The summed E-state index contributed by atoms with van der Waals surface area (Å²) in [6.07, 6.45) is 0. The Balaban J connectivity index is 1.93. The van der Waals surface area contributed by atoms with E-state index in [0.717, 1.165) is 32.9 Å². The molecule has 4 aromatic carbocycles. The lowest BCUT2D eigenvalue weighted by molar-refractivity contribution is 0.475. The van der Waals surface area contributed by atoms with Crippen LogP contribution in [-0.4, -0.2) is 19.4 Å². The lowest BCUT2D eigenvalue weighted by Crippen LogP contribution is -2.23. The molecule has 0 amide bonds. The predicted octanol–water partition coefficient (Wildman–Crippen LogP) is 5.64. The van der Waals surface area contributed by atoms with Crippen LogP contribution in [0.3, 0.4) is 0 Å². The van der Waals surface area contributed by atoms with E-state index in [4.69, 9.17) is 0 Å². The van der Waals surface area contributed by atoms with Crippen LogP contribution in [-0.2, 0) is 0 Å². The third-order valence-corrected chi connectivity index (χ3v) is 14.0. The molecule has 0 aliphatic heterocycles. The zero-order valence-electron chi connectivity index (χ0n) is 19.7. The maximum Gasteiger partial charge on any atom is 0.126 e. The summed E-state index contributed by atoms with van der Waals surface area (Å²) in [6, 6.07) is 29.7. The third-order valence-electron chi connectivity index (χ3n) is 6.20. The van der Waals surface area contributed by atoms with Gasteiger partial charge >= 0.3 is 0 Å². The molecular formula is C29H31O2PSi. The molecule has 0 unspecified atom stereocenters. The molecule has 168 valence electrons. The highest BCUT2D eigenvalue weighted by Crippen LogP contribution is 2.45. The third kappa shape index (κ3) is 5.05. The van der Waals surface area contributed by atoms with E-state index < -0.39 is 16.7 Å². The van der Waals surface area contributed by atoms with Crippen LogP contribution in [0.4, 0.5) is 0 Å². The van der Waals surface area contributed by atoms with Crippen molar-refractivity contribution in [2.75, 3.05) is 0 Å².